The van der Waals surface area contributed by atoms with Crippen molar-refractivity contribution in [1.29, 1.82) is 0 Å². The van der Waals surface area contributed by atoms with Gasteiger partial charge in [0.2, 0.25) is 0 Å². The van der Waals surface area contributed by atoms with Crippen LogP contribution in [0.5, 0.6) is 0 Å². The molecule has 70 valence electrons. The summed E-state index contributed by atoms with van der Waals surface area (Å²) in [6.45, 7) is 4.18. The molecule has 1 heterocycles. The molecule has 0 aromatic heterocycles. The number of piperidine rings is 1. The Morgan fingerprint density at radius 3 is 2.67 bits per heavy atom. The predicted octanol–water partition coefficient (Wildman–Crippen LogP) is 0.936. The summed E-state index contributed by atoms with van der Waals surface area (Å²) in [5, 5.41) is 3.24. The van der Waals surface area contributed by atoms with Crippen molar-refractivity contribution < 1.29 is 9.53 Å². The molecule has 1 aliphatic rings. The van der Waals surface area contributed by atoms with Crippen molar-refractivity contribution in [2.75, 3.05) is 7.11 Å². The molecule has 3 nitrogen and oxygen atoms in total. The van der Waals surface area contributed by atoms with Crippen molar-refractivity contribution in [3.63, 3.8) is 0 Å². The molecule has 0 aromatic rings. The highest BCUT2D eigenvalue weighted by Crippen LogP contribution is 2.19. The molecule has 0 aromatic carbocycles. The Balaban J connectivity index is 2.54. The molecule has 0 amide bonds. The van der Waals surface area contributed by atoms with Crippen LogP contribution in [0.1, 0.15) is 26.7 Å². The Bertz CT molecular complexity index is 170. The average Bonchev–Trinajstić information content (AvgIpc) is 2.08. The first-order valence-electron chi connectivity index (χ1n) is 4.49. The molecule has 1 N–H and O–H groups in total. The van der Waals surface area contributed by atoms with Crippen LogP contribution in [0, 0.1) is 5.92 Å². The van der Waals surface area contributed by atoms with Gasteiger partial charge < -0.3 is 10.1 Å². The molecule has 12 heavy (non-hydrogen) atoms. The van der Waals surface area contributed by atoms with Crippen LogP contribution < -0.4 is 5.32 Å². The summed E-state index contributed by atoms with van der Waals surface area (Å²) in [5.74, 6) is 0.266. The quantitative estimate of drug-likeness (QED) is 0.597. The van der Waals surface area contributed by atoms with Crippen molar-refractivity contribution in [3.05, 3.63) is 0 Å². The van der Waals surface area contributed by atoms with Crippen LogP contribution in [0.3, 0.4) is 0 Å². The van der Waals surface area contributed by atoms with Crippen molar-refractivity contribution in [2.45, 2.75) is 38.8 Å². The minimum atomic E-state index is -0.131. The van der Waals surface area contributed by atoms with E-state index in [2.05, 4.69) is 19.2 Å². The molecule has 0 spiro atoms. The number of carbonyl (C=O) groups excluding carboxylic acids is 1. The second-order valence-corrected chi connectivity index (χ2v) is 3.62. The van der Waals surface area contributed by atoms with Crippen LogP contribution in [0.4, 0.5) is 0 Å². The van der Waals surface area contributed by atoms with Gasteiger partial charge in [-0.3, -0.25) is 4.79 Å². The summed E-state index contributed by atoms with van der Waals surface area (Å²) in [6, 6.07) is 0.337. The Labute approximate surface area is 73.5 Å². The van der Waals surface area contributed by atoms with E-state index in [1.807, 2.05) is 0 Å². The zero-order valence-electron chi connectivity index (χ0n) is 7.96. The molecule has 0 saturated carbocycles. The van der Waals surface area contributed by atoms with Gasteiger partial charge in [0, 0.05) is 6.04 Å². The highest BCUT2D eigenvalue weighted by Gasteiger charge is 2.30. The summed E-state index contributed by atoms with van der Waals surface area (Å²) in [7, 11) is 1.44. The molecular formula is C9H17NO2. The third-order valence-electron chi connectivity index (χ3n) is 2.54. The van der Waals surface area contributed by atoms with E-state index in [4.69, 9.17) is 4.74 Å². The molecule has 3 unspecified atom stereocenters. The number of hydrogen-bond acceptors (Lipinski definition) is 3. The summed E-state index contributed by atoms with van der Waals surface area (Å²) < 4.78 is 4.71. The number of hydrogen-bond donors (Lipinski definition) is 1. The lowest BCUT2D eigenvalue weighted by Gasteiger charge is -2.32. The number of esters is 1. The smallest absolute Gasteiger partial charge is 0.323 e. The van der Waals surface area contributed by atoms with Gasteiger partial charge in [-0.15, -0.1) is 0 Å². The van der Waals surface area contributed by atoms with E-state index >= 15 is 0 Å². The fourth-order valence-corrected chi connectivity index (χ4v) is 1.66. The van der Waals surface area contributed by atoms with Crippen LogP contribution in [0.15, 0.2) is 0 Å². The van der Waals surface area contributed by atoms with Crippen molar-refractivity contribution in [1.82, 2.24) is 5.32 Å². The zero-order valence-corrected chi connectivity index (χ0v) is 7.96. The van der Waals surface area contributed by atoms with Gasteiger partial charge in [-0.25, -0.2) is 0 Å². The van der Waals surface area contributed by atoms with Gasteiger partial charge in [0.05, 0.1) is 7.11 Å². The first-order chi connectivity index (χ1) is 5.65. The second-order valence-electron chi connectivity index (χ2n) is 3.62. The van der Waals surface area contributed by atoms with Crippen LogP contribution in [-0.4, -0.2) is 25.2 Å². The molecule has 1 aliphatic heterocycles. The minimum Gasteiger partial charge on any atom is -0.468 e. The molecule has 3 atom stereocenters. The predicted molar refractivity (Wildman–Crippen MR) is 46.8 cm³/mol. The fraction of sp³-hybridized carbons (Fsp3) is 0.889. The van der Waals surface area contributed by atoms with E-state index < -0.39 is 0 Å². The van der Waals surface area contributed by atoms with E-state index in [-0.39, 0.29) is 12.0 Å². The largest absolute Gasteiger partial charge is 0.468 e. The molecule has 0 aliphatic carbocycles. The van der Waals surface area contributed by atoms with Gasteiger partial charge in [0.15, 0.2) is 0 Å². The summed E-state index contributed by atoms with van der Waals surface area (Å²) in [5.41, 5.74) is 0. The normalized spacial score (nSPS) is 36.1. The van der Waals surface area contributed by atoms with E-state index in [9.17, 15) is 4.79 Å². The van der Waals surface area contributed by atoms with E-state index in [0.29, 0.717) is 12.0 Å². The van der Waals surface area contributed by atoms with E-state index in [1.54, 1.807) is 0 Å². The molecule has 0 radical (unpaired) electrons. The first-order valence-corrected chi connectivity index (χ1v) is 4.49. The number of nitrogens with one attached hydrogen (secondary N) is 1. The second kappa shape index (κ2) is 3.90. The summed E-state index contributed by atoms with van der Waals surface area (Å²) in [4.78, 5) is 11.2. The fourth-order valence-electron chi connectivity index (χ4n) is 1.66. The Hall–Kier alpha value is -0.570. The summed E-state index contributed by atoms with van der Waals surface area (Å²) in [6.07, 6.45) is 2.25. The Morgan fingerprint density at radius 2 is 2.08 bits per heavy atom. The van der Waals surface area contributed by atoms with E-state index in [1.165, 1.54) is 7.11 Å². The van der Waals surface area contributed by atoms with Crippen molar-refractivity contribution in [2.24, 2.45) is 5.92 Å². The standard InChI is InChI=1S/C9H17NO2/c1-6-4-5-7(2)10-8(6)9(11)12-3/h6-8,10H,4-5H2,1-3H3. The number of rotatable bonds is 1. The Morgan fingerprint density at radius 1 is 1.42 bits per heavy atom. The molecule has 0 bridgehead atoms. The number of methoxy groups -OCH3 is 1. The first kappa shape index (κ1) is 9.52. The Kier molecular flexibility index (Phi) is 3.09. The third-order valence-corrected chi connectivity index (χ3v) is 2.54. The number of ether oxygens (including phenoxy) is 1. The van der Waals surface area contributed by atoms with Gasteiger partial charge in [-0.1, -0.05) is 6.92 Å². The maximum Gasteiger partial charge on any atom is 0.323 e. The van der Waals surface area contributed by atoms with Gasteiger partial charge >= 0.3 is 5.97 Å². The topological polar surface area (TPSA) is 38.3 Å². The van der Waals surface area contributed by atoms with Gasteiger partial charge in [-0.2, -0.15) is 0 Å². The molecular weight excluding hydrogens is 154 g/mol. The van der Waals surface area contributed by atoms with Crippen LogP contribution in [0.25, 0.3) is 0 Å². The lowest BCUT2D eigenvalue weighted by Crippen LogP contribution is -2.50. The third kappa shape index (κ3) is 1.97. The molecule has 3 heteroatoms. The monoisotopic (exact) mass is 171 g/mol. The lowest BCUT2D eigenvalue weighted by molar-refractivity contribution is -0.145. The number of carbonyl (C=O) groups is 1. The zero-order chi connectivity index (χ0) is 9.14. The van der Waals surface area contributed by atoms with Gasteiger partial charge in [0.1, 0.15) is 6.04 Å². The maximum atomic E-state index is 11.2. The highest BCUT2D eigenvalue weighted by molar-refractivity contribution is 5.76. The van der Waals surface area contributed by atoms with Gasteiger partial charge in [-0.05, 0) is 25.7 Å². The minimum absolute atomic E-state index is 0.0984. The molecule has 1 saturated heterocycles. The van der Waals surface area contributed by atoms with Crippen LogP contribution >= 0.6 is 0 Å². The van der Waals surface area contributed by atoms with Crippen LogP contribution in [0.2, 0.25) is 0 Å². The SMILES string of the molecule is COC(=O)C1NC(C)CCC1C. The maximum absolute atomic E-state index is 11.2. The van der Waals surface area contributed by atoms with Crippen molar-refractivity contribution >= 4 is 5.97 Å². The summed E-state index contributed by atoms with van der Waals surface area (Å²) >= 11 is 0. The van der Waals surface area contributed by atoms with E-state index in [0.717, 1.165) is 12.8 Å². The average molecular weight is 171 g/mol. The molecule has 1 rings (SSSR count). The lowest BCUT2D eigenvalue weighted by atomic mass is 9.89. The highest BCUT2D eigenvalue weighted by atomic mass is 16.5. The molecule has 1 fully saturated rings. The van der Waals surface area contributed by atoms with Gasteiger partial charge in [0.25, 0.3) is 0 Å². The van der Waals surface area contributed by atoms with Crippen molar-refractivity contribution in [3.8, 4) is 0 Å². The van der Waals surface area contributed by atoms with Crippen LogP contribution in [-0.2, 0) is 9.53 Å².